The lowest BCUT2D eigenvalue weighted by atomic mass is 9.98. The average Bonchev–Trinajstić information content (AvgIpc) is 2.69. The first-order valence-electron chi connectivity index (χ1n) is 8.83. The number of carbonyl (C=O) groups excluding carboxylic acids is 1. The summed E-state index contributed by atoms with van der Waals surface area (Å²) in [5.74, 6) is -4.81. The predicted octanol–water partition coefficient (Wildman–Crippen LogP) is 3.99. The van der Waals surface area contributed by atoms with E-state index in [9.17, 15) is 35.2 Å². The summed E-state index contributed by atoms with van der Waals surface area (Å²) < 4.78 is 96.6. The van der Waals surface area contributed by atoms with Crippen LogP contribution in [0.2, 0.25) is 0 Å². The Kier molecular flexibility index (Phi) is 6.14. The Bertz CT molecular complexity index is 1050. The number of hydrogen-bond donors (Lipinski definition) is 0. The lowest BCUT2D eigenvalue weighted by molar-refractivity contribution is -0.145. The van der Waals surface area contributed by atoms with Crippen molar-refractivity contribution in [3.05, 3.63) is 59.7 Å². The molecule has 0 unspecified atom stereocenters. The zero-order chi connectivity index (χ0) is 22.1. The Labute approximate surface area is 169 Å². The van der Waals surface area contributed by atoms with Crippen molar-refractivity contribution in [2.45, 2.75) is 23.9 Å². The number of sulfonamides is 1. The number of halogens is 5. The van der Waals surface area contributed by atoms with Crippen molar-refractivity contribution < 1.29 is 39.9 Å². The van der Waals surface area contributed by atoms with E-state index < -0.39 is 55.9 Å². The summed E-state index contributed by atoms with van der Waals surface area (Å²) in [5, 5.41) is 0. The standard InChI is InChI=1S/C19H16F5NO4S/c20-15-6-5-13(11-16(15)21)30(27,28)25-9-7-12(8-10-25)18(26)29-17-4-2-1-3-14(17)19(22,23)24/h1-6,11-12H,7-10H2. The predicted molar refractivity (Wildman–Crippen MR) is 94.9 cm³/mol. The number of para-hydroxylation sites is 1. The molecule has 1 heterocycles. The number of piperidine rings is 1. The van der Waals surface area contributed by atoms with Crippen LogP contribution >= 0.6 is 0 Å². The minimum absolute atomic E-state index is 0.00985. The highest BCUT2D eigenvalue weighted by Crippen LogP contribution is 2.36. The molecule has 0 aromatic heterocycles. The summed E-state index contributed by atoms with van der Waals surface area (Å²) in [6.45, 7) is -0.246. The van der Waals surface area contributed by atoms with Gasteiger partial charge in [-0.1, -0.05) is 12.1 Å². The van der Waals surface area contributed by atoms with Gasteiger partial charge >= 0.3 is 12.1 Å². The molecular weight excluding hydrogens is 433 g/mol. The van der Waals surface area contributed by atoms with Crippen LogP contribution in [0.4, 0.5) is 22.0 Å². The van der Waals surface area contributed by atoms with E-state index in [2.05, 4.69) is 0 Å². The third kappa shape index (κ3) is 4.62. The first-order valence-corrected chi connectivity index (χ1v) is 10.3. The van der Waals surface area contributed by atoms with Gasteiger partial charge in [-0.25, -0.2) is 17.2 Å². The van der Waals surface area contributed by atoms with Crippen molar-refractivity contribution >= 4 is 16.0 Å². The molecule has 3 rings (SSSR count). The molecule has 0 radical (unpaired) electrons. The molecule has 1 saturated heterocycles. The molecule has 0 spiro atoms. The van der Waals surface area contributed by atoms with Crippen molar-refractivity contribution in [1.82, 2.24) is 4.31 Å². The van der Waals surface area contributed by atoms with Crippen molar-refractivity contribution in [2.75, 3.05) is 13.1 Å². The van der Waals surface area contributed by atoms with Gasteiger partial charge in [-0.15, -0.1) is 0 Å². The molecule has 30 heavy (non-hydrogen) atoms. The molecule has 5 nitrogen and oxygen atoms in total. The zero-order valence-electron chi connectivity index (χ0n) is 15.3. The molecule has 2 aromatic carbocycles. The molecule has 1 aliphatic rings. The lowest BCUT2D eigenvalue weighted by Crippen LogP contribution is -2.41. The van der Waals surface area contributed by atoms with Gasteiger partial charge in [0.15, 0.2) is 11.6 Å². The normalized spacial score (nSPS) is 16.4. The summed E-state index contributed by atoms with van der Waals surface area (Å²) in [7, 11) is -4.11. The summed E-state index contributed by atoms with van der Waals surface area (Å²) >= 11 is 0. The number of carbonyl (C=O) groups is 1. The summed E-state index contributed by atoms with van der Waals surface area (Å²) in [6.07, 6.45) is -4.68. The second kappa shape index (κ2) is 8.31. The summed E-state index contributed by atoms with van der Waals surface area (Å²) in [4.78, 5) is 11.9. The van der Waals surface area contributed by atoms with Gasteiger partial charge in [-0.2, -0.15) is 17.5 Å². The first-order chi connectivity index (χ1) is 14.0. The number of nitrogens with zero attached hydrogens (tertiary/aromatic N) is 1. The highest BCUT2D eigenvalue weighted by molar-refractivity contribution is 7.89. The van der Waals surface area contributed by atoms with Gasteiger partial charge in [0.05, 0.1) is 16.4 Å². The van der Waals surface area contributed by atoms with Crippen LogP contribution in [-0.2, 0) is 21.0 Å². The number of ether oxygens (including phenoxy) is 1. The first kappa shape index (κ1) is 22.2. The maximum absolute atomic E-state index is 13.4. The lowest BCUT2D eigenvalue weighted by Gasteiger charge is -2.30. The topological polar surface area (TPSA) is 63.7 Å². The Balaban J connectivity index is 1.67. The molecule has 0 saturated carbocycles. The highest BCUT2D eigenvalue weighted by Gasteiger charge is 2.37. The third-order valence-electron chi connectivity index (χ3n) is 4.72. The van der Waals surface area contributed by atoms with E-state index in [0.717, 1.165) is 22.5 Å². The molecule has 2 aromatic rings. The highest BCUT2D eigenvalue weighted by atomic mass is 32.2. The number of alkyl halides is 3. The smallest absolute Gasteiger partial charge is 0.419 e. The molecule has 162 valence electrons. The number of rotatable bonds is 4. The van der Waals surface area contributed by atoms with Crippen LogP contribution in [0.5, 0.6) is 5.75 Å². The van der Waals surface area contributed by atoms with Gasteiger partial charge in [0.1, 0.15) is 5.75 Å². The van der Waals surface area contributed by atoms with Crippen LogP contribution in [0, 0.1) is 17.6 Å². The molecule has 0 amide bonds. The second-order valence-electron chi connectivity index (χ2n) is 6.67. The van der Waals surface area contributed by atoms with Crippen LogP contribution in [-0.4, -0.2) is 31.8 Å². The van der Waals surface area contributed by atoms with Gasteiger partial charge < -0.3 is 4.74 Å². The second-order valence-corrected chi connectivity index (χ2v) is 8.61. The van der Waals surface area contributed by atoms with Crippen molar-refractivity contribution in [1.29, 1.82) is 0 Å². The Hall–Kier alpha value is -2.53. The van der Waals surface area contributed by atoms with Crippen LogP contribution in [0.3, 0.4) is 0 Å². The van der Waals surface area contributed by atoms with Gasteiger partial charge in [0.2, 0.25) is 10.0 Å². The van der Waals surface area contributed by atoms with Crippen molar-refractivity contribution in [3.63, 3.8) is 0 Å². The number of hydrogen-bond acceptors (Lipinski definition) is 4. The van der Waals surface area contributed by atoms with Gasteiger partial charge in [0.25, 0.3) is 0 Å². The quantitative estimate of drug-likeness (QED) is 0.402. The molecule has 0 bridgehead atoms. The van der Waals surface area contributed by atoms with Crippen LogP contribution < -0.4 is 4.74 Å². The third-order valence-corrected chi connectivity index (χ3v) is 6.61. The molecule has 1 fully saturated rings. The SMILES string of the molecule is O=C(Oc1ccccc1C(F)(F)F)C1CCN(S(=O)(=O)c2ccc(F)c(F)c2)CC1. The molecular formula is C19H16F5NO4S. The van der Waals surface area contributed by atoms with Crippen LogP contribution in [0.15, 0.2) is 47.4 Å². The van der Waals surface area contributed by atoms with Crippen LogP contribution in [0.25, 0.3) is 0 Å². The monoisotopic (exact) mass is 449 g/mol. The fraction of sp³-hybridized carbons (Fsp3) is 0.316. The fourth-order valence-corrected chi connectivity index (χ4v) is 4.58. The minimum Gasteiger partial charge on any atom is -0.426 e. The Morgan fingerprint density at radius 3 is 2.23 bits per heavy atom. The molecule has 1 aliphatic heterocycles. The van der Waals surface area contributed by atoms with Crippen molar-refractivity contribution in [3.8, 4) is 5.75 Å². The Morgan fingerprint density at radius 1 is 1.00 bits per heavy atom. The van der Waals surface area contributed by atoms with Gasteiger partial charge in [-0.05, 0) is 43.2 Å². The van der Waals surface area contributed by atoms with E-state index in [1.54, 1.807) is 0 Å². The molecule has 0 aliphatic carbocycles. The maximum Gasteiger partial charge on any atom is 0.419 e. The van der Waals surface area contributed by atoms with E-state index in [0.29, 0.717) is 12.1 Å². The average molecular weight is 449 g/mol. The molecule has 0 N–H and O–H groups in total. The van der Waals surface area contributed by atoms with Gasteiger partial charge in [-0.3, -0.25) is 4.79 Å². The van der Waals surface area contributed by atoms with E-state index >= 15 is 0 Å². The minimum atomic E-state index is -4.70. The summed E-state index contributed by atoms with van der Waals surface area (Å²) in [6, 6.07) is 6.49. The van der Waals surface area contributed by atoms with Crippen molar-refractivity contribution in [2.24, 2.45) is 5.92 Å². The van der Waals surface area contributed by atoms with Crippen LogP contribution in [0.1, 0.15) is 18.4 Å². The zero-order valence-corrected chi connectivity index (χ0v) is 16.1. The van der Waals surface area contributed by atoms with E-state index in [1.165, 1.54) is 12.1 Å². The van der Waals surface area contributed by atoms with Gasteiger partial charge in [0, 0.05) is 13.1 Å². The number of esters is 1. The largest absolute Gasteiger partial charge is 0.426 e. The van der Waals surface area contributed by atoms with E-state index in [4.69, 9.17) is 4.74 Å². The molecule has 0 atom stereocenters. The number of benzene rings is 2. The fourth-order valence-electron chi connectivity index (χ4n) is 3.10. The summed E-state index contributed by atoms with van der Waals surface area (Å²) in [5.41, 5.74) is -1.09. The Morgan fingerprint density at radius 2 is 1.63 bits per heavy atom. The van der Waals surface area contributed by atoms with E-state index in [1.807, 2.05) is 0 Å². The van der Waals surface area contributed by atoms with E-state index in [-0.39, 0.29) is 25.9 Å². The molecule has 11 heteroatoms. The maximum atomic E-state index is 13.4.